The number of esters is 1. The predicted octanol–water partition coefficient (Wildman–Crippen LogP) is 4.41. The van der Waals surface area contributed by atoms with Crippen LogP contribution in [0.1, 0.15) is 5.56 Å². The zero-order valence-corrected chi connectivity index (χ0v) is 13.3. The summed E-state index contributed by atoms with van der Waals surface area (Å²) in [7, 11) is -0.121. The molecule has 0 radical (unpaired) electrons. The van der Waals surface area contributed by atoms with E-state index in [1.807, 2.05) is 54.6 Å². The van der Waals surface area contributed by atoms with Crippen molar-refractivity contribution < 1.29 is 18.6 Å². The summed E-state index contributed by atoms with van der Waals surface area (Å²) in [5.41, 5.74) is 0.877. The number of rotatable bonds is 7. The van der Waals surface area contributed by atoms with Crippen molar-refractivity contribution in [1.82, 2.24) is 0 Å². The number of hydrogen-bond donors (Lipinski definition) is 0. The van der Waals surface area contributed by atoms with E-state index >= 15 is 0 Å². The molecular formula is C16H14ClO4P. The van der Waals surface area contributed by atoms with Gasteiger partial charge in [-0.25, -0.2) is 0 Å². The van der Waals surface area contributed by atoms with Crippen molar-refractivity contribution in [3.8, 4) is 11.5 Å². The lowest BCUT2D eigenvalue weighted by Crippen LogP contribution is -1.99. The number of ether oxygens (including phenoxy) is 1. The minimum Gasteiger partial charge on any atom is -0.441 e. The fraction of sp³-hybridized carbons (Fsp3) is 0.0625. The number of hydrogen-bond acceptors (Lipinski definition) is 4. The van der Waals surface area contributed by atoms with Gasteiger partial charge in [-0.05, 0) is 35.9 Å². The van der Waals surface area contributed by atoms with Gasteiger partial charge in [0.05, 0.1) is 6.26 Å². The minimum atomic E-state index is -0.489. The minimum absolute atomic E-state index is 0.121. The summed E-state index contributed by atoms with van der Waals surface area (Å²) < 4.78 is 15.7. The van der Waals surface area contributed by atoms with Crippen LogP contribution >= 0.6 is 20.6 Å². The molecular weight excluding hydrogens is 323 g/mol. The molecule has 0 saturated carbocycles. The Morgan fingerprint density at radius 1 is 1.00 bits per heavy atom. The third kappa shape index (κ3) is 5.76. The third-order valence-electron chi connectivity index (χ3n) is 2.51. The molecule has 22 heavy (non-hydrogen) atoms. The molecule has 2 aromatic rings. The smallest absolute Gasteiger partial charge is 0.325 e. The van der Waals surface area contributed by atoms with Crippen LogP contribution < -0.4 is 9.05 Å². The molecule has 0 aliphatic carbocycles. The average molecular weight is 337 g/mol. The zero-order chi connectivity index (χ0) is 15.6. The number of halogens is 1. The summed E-state index contributed by atoms with van der Waals surface area (Å²) in [5, 5.41) is 0. The summed E-state index contributed by atoms with van der Waals surface area (Å²) in [4.78, 5) is 10.9. The van der Waals surface area contributed by atoms with Gasteiger partial charge in [-0.2, -0.15) is 0 Å². The van der Waals surface area contributed by atoms with Gasteiger partial charge in [-0.1, -0.05) is 30.3 Å². The SMILES string of the molecule is O=C(CCl)O/C=C/c1ccc(OPOc2ccccc2)cc1. The van der Waals surface area contributed by atoms with Crippen LogP contribution in [0.3, 0.4) is 0 Å². The highest BCUT2D eigenvalue weighted by Gasteiger charge is 1.97. The zero-order valence-electron chi connectivity index (χ0n) is 11.6. The van der Waals surface area contributed by atoms with E-state index in [9.17, 15) is 4.79 Å². The summed E-state index contributed by atoms with van der Waals surface area (Å²) in [6.45, 7) is 0. The van der Waals surface area contributed by atoms with Crippen LogP contribution in [0, 0.1) is 0 Å². The Morgan fingerprint density at radius 3 is 2.27 bits per heavy atom. The van der Waals surface area contributed by atoms with E-state index in [0.717, 1.165) is 11.3 Å². The number of benzene rings is 2. The molecule has 2 rings (SSSR count). The molecule has 0 aliphatic rings. The molecule has 4 nitrogen and oxygen atoms in total. The molecule has 1 unspecified atom stereocenters. The fourth-order valence-corrected chi connectivity index (χ4v) is 2.04. The lowest BCUT2D eigenvalue weighted by Gasteiger charge is -2.07. The van der Waals surface area contributed by atoms with Gasteiger partial charge in [-0.15, -0.1) is 11.6 Å². The van der Waals surface area contributed by atoms with Gasteiger partial charge in [-0.3, -0.25) is 4.79 Å². The van der Waals surface area contributed by atoms with Gasteiger partial charge in [0.1, 0.15) is 17.4 Å². The Balaban J connectivity index is 1.78. The fourth-order valence-electron chi connectivity index (χ4n) is 1.47. The molecule has 0 spiro atoms. The topological polar surface area (TPSA) is 44.8 Å². The summed E-state index contributed by atoms with van der Waals surface area (Å²) in [5.74, 6) is 0.808. The van der Waals surface area contributed by atoms with Crippen molar-refractivity contribution in [1.29, 1.82) is 0 Å². The van der Waals surface area contributed by atoms with E-state index in [1.165, 1.54) is 6.26 Å². The second kappa shape index (κ2) is 9.08. The lowest BCUT2D eigenvalue weighted by molar-refractivity contribution is -0.134. The maximum Gasteiger partial charge on any atom is 0.325 e. The van der Waals surface area contributed by atoms with E-state index in [1.54, 1.807) is 6.08 Å². The van der Waals surface area contributed by atoms with E-state index in [2.05, 4.69) is 0 Å². The Bertz CT molecular complexity index is 614. The second-order valence-electron chi connectivity index (χ2n) is 4.10. The van der Waals surface area contributed by atoms with Crippen molar-refractivity contribution in [3.63, 3.8) is 0 Å². The molecule has 0 fully saturated rings. The van der Waals surface area contributed by atoms with Crippen molar-refractivity contribution in [2.45, 2.75) is 0 Å². The maximum atomic E-state index is 10.9. The Kier molecular flexibility index (Phi) is 6.75. The van der Waals surface area contributed by atoms with Gasteiger partial charge in [0.2, 0.25) is 0 Å². The van der Waals surface area contributed by atoms with Crippen molar-refractivity contribution in [2.75, 3.05) is 5.88 Å². The first-order chi connectivity index (χ1) is 10.8. The number of carbonyl (C=O) groups is 1. The molecule has 0 bridgehead atoms. The molecule has 0 N–H and O–H groups in total. The molecule has 1 atom stereocenters. The first-order valence-electron chi connectivity index (χ1n) is 6.44. The normalized spacial score (nSPS) is 11.0. The average Bonchev–Trinajstić information content (AvgIpc) is 2.57. The van der Waals surface area contributed by atoms with E-state index in [0.29, 0.717) is 5.75 Å². The van der Waals surface area contributed by atoms with Gasteiger partial charge in [0.15, 0.2) is 0 Å². The molecule has 2 aromatic carbocycles. The standard InChI is InChI=1S/C16H14ClO4P/c17-12-16(18)19-11-10-13-6-8-15(9-7-13)21-22-20-14-4-2-1-3-5-14/h1-11,22H,12H2/b11-10+. The molecule has 0 aromatic heterocycles. The number of alkyl halides is 1. The van der Waals surface area contributed by atoms with Gasteiger partial charge >= 0.3 is 5.97 Å². The van der Waals surface area contributed by atoms with Gasteiger partial charge in [0, 0.05) is 0 Å². The highest BCUT2D eigenvalue weighted by atomic mass is 35.5. The first-order valence-corrected chi connectivity index (χ1v) is 7.79. The van der Waals surface area contributed by atoms with E-state index < -0.39 is 5.97 Å². The number of carbonyl (C=O) groups excluding carboxylic acids is 1. The second-order valence-corrected chi connectivity index (χ2v) is 4.94. The van der Waals surface area contributed by atoms with Crippen LogP contribution in [0.25, 0.3) is 6.08 Å². The lowest BCUT2D eigenvalue weighted by atomic mass is 10.2. The predicted molar refractivity (Wildman–Crippen MR) is 88.3 cm³/mol. The van der Waals surface area contributed by atoms with Gasteiger partial charge in [0.25, 0.3) is 9.03 Å². The summed E-state index contributed by atoms with van der Waals surface area (Å²) >= 11 is 5.31. The maximum absolute atomic E-state index is 10.9. The highest BCUT2D eigenvalue weighted by molar-refractivity contribution is 7.27. The Labute approximate surface area is 135 Å². The molecule has 6 heteroatoms. The summed E-state index contributed by atoms with van der Waals surface area (Å²) in [6.07, 6.45) is 2.97. The van der Waals surface area contributed by atoms with Crippen molar-refractivity contribution >= 4 is 32.7 Å². The van der Waals surface area contributed by atoms with Crippen LogP contribution in [0.2, 0.25) is 0 Å². The first kappa shape index (κ1) is 16.3. The van der Waals surface area contributed by atoms with Crippen molar-refractivity contribution in [2.24, 2.45) is 0 Å². The Morgan fingerprint density at radius 2 is 1.64 bits per heavy atom. The van der Waals surface area contributed by atoms with Crippen LogP contribution in [0.15, 0.2) is 60.9 Å². The largest absolute Gasteiger partial charge is 0.441 e. The molecule has 0 saturated heterocycles. The highest BCUT2D eigenvalue weighted by Crippen LogP contribution is 2.25. The van der Waals surface area contributed by atoms with E-state index in [4.69, 9.17) is 25.4 Å². The summed E-state index contributed by atoms with van der Waals surface area (Å²) in [6, 6.07) is 16.8. The van der Waals surface area contributed by atoms with E-state index in [-0.39, 0.29) is 14.9 Å². The van der Waals surface area contributed by atoms with Gasteiger partial charge < -0.3 is 13.8 Å². The number of para-hydroxylation sites is 1. The van der Waals surface area contributed by atoms with Crippen LogP contribution in [-0.2, 0) is 9.53 Å². The molecule has 114 valence electrons. The monoisotopic (exact) mass is 336 g/mol. The molecule has 0 amide bonds. The molecule has 0 aliphatic heterocycles. The van der Waals surface area contributed by atoms with Crippen LogP contribution in [0.5, 0.6) is 11.5 Å². The van der Waals surface area contributed by atoms with Crippen molar-refractivity contribution in [3.05, 3.63) is 66.4 Å². The third-order valence-corrected chi connectivity index (χ3v) is 3.37. The molecule has 0 heterocycles. The quantitative estimate of drug-likeness (QED) is 0.325. The van der Waals surface area contributed by atoms with Crippen LogP contribution in [0.4, 0.5) is 0 Å². The Hall–Kier alpha value is -2.03. The van der Waals surface area contributed by atoms with Crippen LogP contribution in [-0.4, -0.2) is 11.8 Å².